The van der Waals surface area contributed by atoms with E-state index in [1.807, 2.05) is 50.0 Å². The normalized spacial score (nSPS) is 14.0. The van der Waals surface area contributed by atoms with Gasteiger partial charge in [0, 0.05) is 14.1 Å². The van der Waals surface area contributed by atoms with Gasteiger partial charge in [-0.25, -0.2) is 4.68 Å². The van der Waals surface area contributed by atoms with Gasteiger partial charge >= 0.3 is 0 Å². The van der Waals surface area contributed by atoms with Gasteiger partial charge in [0.05, 0.1) is 17.3 Å². The summed E-state index contributed by atoms with van der Waals surface area (Å²) in [4.78, 5) is 0. The summed E-state index contributed by atoms with van der Waals surface area (Å²) in [5, 5.41) is 14.5. The van der Waals surface area contributed by atoms with Crippen LogP contribution in [0.5, 0.6) is 0 Å². The van der Waals surface area contributed by atoms with Crippen LogP contribution < -0.4 is 0 Å². The summed E-state index contributed by atoms with van der Waals surface area (Å²) in [6.07, 6.45) is 0. The second kappa shape index (κ2) is 4.53. The zero-order valence-electron chi connectivity index (χ0n) is 10.6. The predicted octanol–water partition coefficient (Wildman–Crippen LogP) is 1.93. The van der Waals surface area contributed by atoms with Crippen molar-refractivity contribution in [3.8, 4) is 0 Å². The molecule has 5 nitrogen and oxygen atoms in total. The monoisotopic (exact) mass is 231 g/mol. The first-order valence-corrected chi connectivity index (χ1v) is 5.62. The van der Waals surface area contributed by atoms with Crippen molar-refractivity contribution in [2.45, 2.75) is 19.9 Å². The van der Waals surface area contributed by atoms with Gasteiger partial charge in [-0.3, -0.25) is 0 Å². The molecule has 0 aliphatic heterocycles. The highest BCUT2D eigenvalue weighted by molar-refractivity contribution is 5.87. The van der Waals surface area contributed by atoms with E-state index in [2.05, 4.69) is 22.3 Å². The van der Waals surface area contributed by atoms with Gasteiger partial charge in [0.25, 0.3) is 0 Å². The van der Waals surface area contributed by atoms with Gasteiger partial charge in [0.15, 0.2) is 0 Å². The molecule has 1 atom stereocenters. The van der Waals surface area contributed by atoms with Crippen molar-refractivity contribution in [3.05, 3.63) is 24.3 Å². The van der Waals surface area contributed by atoms with Crippen molar-refractivity contribution < 1.29 is 0 Å². The van der Waals surface area contributed by atoms with Crippen LogP contribution in [0.3, 0.4) is 0 Å². The van der Waals surface area contributed by atoms with Crippen LogP contribution in [0.4, 0.5) is 0 Å². The molecule has 2 rings (SSSR count). The highest BCUT2D eigenvalue weighted by Crippen LogP contribution is 2.16. The topological polar surface area (TPSA) is 46.3 Å². The maximum Gasteiger partial charge on any atom is 0.113 e. The number of nitrogens with zero attached hydrogens (tertiary/aromatic N) is 5. The van der Waals surface area contributed by atoms with Crippen LogP contribution in [-0.4, -0.2) is 39.8 Å². The summed E-state index contributed by atoms with van der Waals surface area (Å²) >= 11 is 0. The predicted molar refractivity (Wildman–Crippen MR) is 69.0 cm³/mol. The first-order valence-electron chi connectivity index (χ1n) is 5.62. The molecule has 1 aromatic heterocycles. The Bertz CT molecular complexity index is 541. The van der Waals surface area contributed by atoms with E-state index in [1.165, 1.54) is 0 Å². The van der Waals surface area contributed by atoms with E-state index in [9.17, 15) is 0 Å². The number of hydrogen-bond acceptors (Lipinski definition) is 4. The third kappa shape index (κ3) is 2.27. The van der Waals surface area contributed by atoms with E-state index >= 15 is 0 Å². The van der Waals surface area contributed by atoms with Gasteiger partial charge in [-0.1, -0.05) is 17.3 Å². The Morgan fingerprint density at radius 3 is 2.76 bits per heavy atom. The van der Waals surface area contributed by atoms with Crippen LogP contribution in [0.2, 0.25) is 0 Å². The third-order valence-corrected chi connectivity index (χ3v) is 2.71. The highest BCUT2D eigenvalue weighted by Gasteiger charge is 2.13. The number of para-hydroxylation sites is 1. The molecule has 1 heterocycles. The average molecular weight is 231 g/mol. The molecule has 1 aromatic carbocycles. The van der Waals surface area contributed by atoms with E-state index in [-0.39, 0.29) is 6.04 Å². The lowest BCUT2D eigenvalue weighted by Gasteiger charge is -2.14. The molecule has 0 saturated heterocycles. The average Bonchev–Trinajstić information content (AvgIpc) is 2.70. The molecule has 0 aliphatic carbocycles. The van der Waals surface area contributed by atoms with E-state index in [1.54, 1.807) is 5.01 Å². The van der Waals surface area contributed by atoms with E-state index in [4.69, 9.17) is 0 Å². The Labute approximate surface area is 101 Å². The first-order chi connectivity index (χ1) is 8.09. The van der Waals surface area contributed by atoms with Crippen molar-refractivity contribution in [1.29, 1.82) is 0 Å². The second-order valence-corrected chi connectivity index (χ2v) is 4.29. The molecular formula is C12H17N5. The Hall–Kier alpha value is -1.91. The lowest BCUT2D eigenvalue weighted by atomic mass is 10.2. The SMILES string of the molecule is C/C(=N\N(C)C)C(C)n1nnc2ccccc21. The van der Waals surface area contributed by atoms with Crippen molar-refractivity contribution in [1.82, 2.24) is 20.0 Å². The number of hydrazone groups is 1. The fraction of sp³-hybridized carbons (Fsp3) is 0.417. The molecule has 0 saturated carbocycles. The van der Waals surface area contributed by atoms with Crippen molar-refractivity contribution in [3.63, 3.8) is 0 Å². The zero-order valence-corrected chi connectivity index (χ0v) is 10.6. The minimum absolute atomic E-state index is 0.102. The summed E-state index contributed by atoms with van der Waals surface area (Å²) in [5.41, 5.74) is 2.95. The molecule has 0 amide bonds. The van der Waals surface area contributed by atoms with Gasteiger partial charge in [0.2, 0.25) is 0 Å². The fourth-order valence-corrected chi connectivity index (χ4v) is 1.75. The smallest absolute Gasteiger partial charge is 0.113 e. The maximum atomic E-state index is 4.40. The van der Waals surface area contributed by atoms with Gasteiger partial charge in [0.1, 0.15) is 5.52 Å². The molecule has 0 radical (unpaired) electrons. The van der Waals surface area contributed by atoms with Gasteiger partial charge in [-0.2, -0.15) is 5.10 Å². The molecule has 0 bridgehead atoms. The van der Waals surface area contributed by atoms with Crippen LogP contribution >= 0.6 is 0 Å². The number of hydrogen-bond donors (Lipinski definition) is 0. The van der Waals surface area contributed by atoms with Gasteiger partial charge < -0.3 is 5.01 Å². The summed E-state index contributed by atoms with van der Waals surface area (Å²) < 4.78 is 1.90. The van der Waals surface area contributed by atoms with Gasteiger partial charge in [-0.15, -0.1) is 5.10 Å². The maximum absolute atomic E-state index is 4.40. The van der Waals surface area contributed by atoms with Crippen molar-refractivity contribution in [2.24, 2.45) is 5.10 Å². The highest BCUT2D eigenvalue weighted by atomic mass is 15.5. The lowest BCUT2D eigenvalue weighted by molar-refractivity contribution is 0.430. The molecule has 17 heavy (non-hydrogen) atoms. The number of rotatable bonds is 3. The quantitative estimate of drug-likeness (QED) is 0.599. The number of fused-ring (bicyclic) bond motifs is 1. The summed E-state index contributed by atoms with van der Waals surface area (Å²) in [6.45, 7) is 4.07. The standard InChI is InChI=1S/C12H17N5/c1-9(14-16(3)4)10(2)17-12-8-6-5-7-11(12)13-15-17/h5-8,10H,1-4H3/b14-9+. The van der Waals surface area contributed by atoms with Crippen LogP contribution in [-0.2, 0) is 0 Å². The van der Waals surface area contributed by atoms with E-state index in [0.29, 0.717) is 0 Å². The zero-order chi connectivity index (χ0) is 12.4. The Kier molecular flexibility index (Phi) is 3.08. The van der Waals surface area contributed by atoms with Crippen LogP contribution in [0.25, 0.3) is 11.0 Å². The molecule has 1 unspecified atom stereocenters. The van der Waals surface area contributed by atoms with Crippen molar-refractivity contribution in [2.75, 3.05) is 14.1 Å². The largest absolute Gasteiger partial charge is 0.303 e. The minimum Gasteiger partial charge on any atom is -0.303 e. The number of aromatic nitrogens is 3. The molecule has 0 spiro atoms. The third-order valence-electron chi connectivity index (χ3n) is 2.71. The number of benzene rings is 1. The van der Waals surface area contributed by atoms with Crippen LogP contribution in [0, 0.1) is 0 Å². The Balaban J connectivity index is 2.40. The summed E-state index contributed by atoms with van der Waals surface area (Å²) in [7, 11) is 3.82. The van der Waals surface area contributed by atoms with Crippen LogP contribution in [0.1, 0.15) is 19.9 Å². The van der Waals surface area contributed by atoms with Gasteiger partial charge in [-0.05, 0) is 26.0 Å². The second-order valence-electron chi connectivity index (χ2n) is 4.29. The summed E-state index contributed by atoms with van der Waals surface area (Å²) in [5.74, 6) is 0. The molecule has 5 heteroatoms. The molecule has 0 fully saturated rings. The lowest BCUT2D eigenvalue weighted by Crippen LogP contribution is -2.18. The summed E-state index contributed by atoms with van der Waals surface area (Å²) in [6, 6.07) is 8.04. The van der Waals surface area contributed by atoms with E-state index in [0.717, 1.165) is 16.7 Å². The Morgan fingerprint density at radius 2 is 2.06 bits per heavy atom. The first kappa shape index (κ1) is 11.6. The molecule has 90 valence electrons. The molecule has 0 N–H and O–H groups in total. The molecule has 0 aliphatic rings. The van der Waals surface area contributed by atoms with Crippen LogP contribution in [0.15, 0.2) is 29.4 Å². The molecular weight excluding hydrogens is 214 g/mol. The minimum atomic E-state index is 0.102. The van der Waals surface area contributed by atoms with Crippen molar-refractivity contribution >= 4 is 16.7 Å². The fourth-order valence-electron chi connectivity index (χ4n) is 1.75. The Morgan fingerprint density at radius 1 is 1.35 bits per heavy atom. The van der Waals surface area contributed by atoms with E-state index < -0.39 is 0 Å². The molecule has 2 aromatic rings.